The second-order valence-electron chi connectivity index (χ2n) is 7.41. The Hall–Kier alpha value is -2.63. The Morgan fingerprint density at radius 1 is 1.04 bits per heavy atom. The number of rotatable bonds is 7. The Kier molecular flexibility index (Phi) is 5.94. The van der Waals surface area contributed by atoms with Gasteiger partial charge in [0.05, 0.1) is 0 Å². The van der Waals surface area contributed by atoms with Gasteiger partial charge in [-0.15, -0.1) is 0 Å². The Morgan fingerprint density at radius 2 is 1.78 bits per heavy atom. The molecule has 0 bridgehead atoms. The molecule has 3 rings (SSSR count). The van der Waals surface area contributed by atoms with Crippen molar-refractivity contribution in [2.75, 3.05) is 17.2 Å². The van der Waals surface area contributed by atoms with E-state index in [4.69, 9.17) is 0 Å². The van der Waals surface area contributed by atoms with Crippen LogP contribution in [0.4, 0.5) is 11.4 Å². The molecule has 2 aliphatic rings. The number of hydrogen-bond donors (Lipinski definition) is 3. The lowest BCUT2D eigenvalue weighted by atomic mass is 9.97. The minimum absolute atomic E-state index is 0.176. The number of carbonyl (C=O) groups excluding carboxylic acids is 3. The molecule has 144 valence electrons. The van der Waals surface area contributed by atoms with Crippen LogP contribution in [0.1, 0.15) is 51.9 Å². The fourth-order valence-corrected chi connectivity index (χ4v) is 3.45. The van der Waals surface area contributed by atoms with Gasteiger partial charge in [-0.2, -0.15) is 0 Å². The topological polar surface area (TPSA) is 87.3 Å². The number of anilines is 2. The normalized spacial score (nSPS) is 17.4. The van der Waals surface area contributed by atoms with Gasteiger partial charge in [-0.3, -0.25) is 14.4 Å². The highest BCUT2D eigenvalue weighted by atomic mass is 16.2. The third-order valence-corrected chi connectivity index (χ3v) is 5.18. The van der Waals surface area contributed by atoms with Gasteiger partial charge in [0.15, 0.2) is 0 Å². The highest BCUT2D eigenvalue weighted by Crippen LogP contribution is 2.47. The largest absolute Gasteiger partial charge is 0.355 e. The molecule has 1 saturated carbocycles. The zero-order valence-corrected chi connectivity index (χ0v) is 15.8. The van der Waals surface area contributed by atoms with Crippen molar-refractivity contribution < 1.29 is 14.4 Å². The van der Waals surface area contributed by atoms with Gasteiger partial charge in [-0.1, -0.05) is 17.7 Å². The van der Waals surface area contributed by atoms with Crippen LogP contribution in [0, 0.1) is 5.41 Å². The standard InChI is InChI=1S/C21H27N3O3/c1-15(25)23-17-8-5-9-18(14-17)24-20(27)21(11-12-21)19(26)22-13-10-16-6-3-2-4-7-16/h5-6,8-9,14H,2-4,7,10-13H2,1H3,(H,22,26)(H,23,25)(H,24,27). The van der Waals surface area contributed by atoms with Crippen molar-refractivity contribution in [3.8, 4) is 0 Å². The summed E-state index contributed by atoms with van der Waals surface area (Å²) in [4.78, 5) is 36.4. The van der Waals surface area contributed by atoms with E-state index in [2.05, 4.69) is 22.0 Å². The lowest BCUT2D eigenvalue weighted by molar-refractivity contribution is -0.134. The predicted molar refractivity (Wildman–Crippen MR) is 105 cm³/mol. The molecule has 27 heavy (non-hydrogen) atoms. The smallest absolute Gasteiger partial charge is 0.240 e. The summed E-state index contributed by atoms with van der Waals surface area (Å²) in [7, 11) is 0. The molecule has 0 spiro atoms. The molecular weight excluding hydrogens is 342 g/mol. The number of nitrogens with one attached hydrogen (secondary N) is 3. The van der Waals surface area contributed by atoms with Crippen molar-refractivity contribution in [1.29, 1.82) is 0 Å². The van der Waals surface area contributed by atoms with Crippen LogP contribution >= 0.6 is 0 Å². The van der Waals surface area contributed by atoms with Gasteiger partial charge >= 0.3 is 0 Å². The Labute approximate surface area is 159 Å². The van der Waals surface area contributed by atoms with E-state index in [0.717, 1.165) is 19.3 Å². The van der Waals surface area contributed by atoms with E-state index < -0.39 is 5.41 Å². The van der Waals surface area contributed by atoms with Crippen LogP contribution in [0.25, 0.3) is 0 Å². The van der Waals surface area contributed by atoms with Gasteiger partial charge in [0.2, 0.25) is 17.7 Å². The lowest BCUT2D eigenvalue weighted by Gasteiger charge is -2.17. The van der Waals surface area contributed by atoms with Crippen molar-refractivity contribution in [2.24, 2.45) is 5.41 Å². The first-order valence-corrected chi connectivity index (χ1v) is 9.65. The average molecular weight is 369 g/mol. The molecule has 0 atom stereocenters. The molecule has 0 saturated heterocycles. The fraction of sp³-hybridized carbons (Fsp3) is 0.476. The number of carbonyl (C=O) groups is 3. The maximum Gasteiger partial charge on any atom is 0.240 e. The van der Waals surface area contributed by atoms with Gasteiger partial charge in [0.1, 0.15) is 5.41 Å². The van der Waals surface area contributed by atoms with E-state index in [1.54, 1.807) is 24.3 Å². The third kappa shape index (κ3) is 4.96. The number of benzene rings is 1. The Balaban J connectivity index is 1.53. The lowest BCUT2D eigenvalue weighted by Crippen LogP contribution is -2.40. The molecule has 1 aromatic carbocycles. The van der Waals surface area contributed by atoms with Gasteiger partial charge in [0.25, 0.3) is 0 Å². The van der Waals surface area contributed by atoms with Crippen molar-refractivity contribution in [1.82, 2.24) is 5.32 Å². The summed E-state index contributed by atoms with van der Waals surface area (Å²) < 4.78 is 0. The van der Waals surface area contributed by atoms with E-state index in [9.17, 15) is 14.4 Å². The first kappa shape index (κ1) is 19.1. The number of hydrogen-bond acceptors (Lipinski definition) is 3. The average Bonchev–Trinajstić information content (AvgIpc) is 3.44. The highest BCUT2D eigenvalue weighted by Gasteiger charge is 2.56. The molecule has 0 aliphatic heterocycles. The third-order valence-electron chi connectivity index (χ3n) is 5.18. The van der Waals surface area contributed by atoms with E-state index in [0.29, 0.717) is 30.8 Å². The minimum Gasteiger partial charge on any atom is -0.355 e. The van der Waals surface area contributed by atoms with Gasteiger partial charge < -0.3 is 16.0 Å². The summed E-state index contributed by atoms with van der Waals surface area (Å²) in [6.45, 7) is 2.01. The molecule has 2 aliphatic carbocycles. The predicted octanol–water partition coefficient (Wildman–Crippen LogP) is 3.37. The van der Waals surface area contributed by atoms with Crippen LogP contribution in [0.3, 0.4) is 0 Å². The van der Waals surface area contributed by atoms with Gasteiger partial charge in [-0.25, -0.2) is 0 Å². The molecule has 1 fully saturated rings. The molecule has 0 heterocycles. The van der Waals surface area contributed by atoms with Crippen LogP contribution in [0.5, 0.6) is 0 Å². The molecule has 0 aromatic heterocycles. The molecule has 1 aromatic rings. The van der Waals surface area contributed by atoms with E-state index in [1.807, 2.05) is 0 Å². The number of allylic oxidation sites excluding steroid dienone is 1. The van der Waals surface area contributed by atoms with E-state index >= 15 is 0 Å². The zero-order valence-electron chi connectivity index (χ0n) is 15.8. The monoisotopic (exact) mass is 369 g/mol. The molecule has 0 unspecified atom stereocenters. The summed E-state index contributed by atoms with van der Waals surface area (Å²) in [5.41, 5.74) is 1.63. The summed E-state index contributed by atoms with van der Waals surface area (Å²) >= 11 is 0. The van der Waals surface area contributed by atoms with Crippen LogP contribution in [0.2, 0.25) is 0 Å². The Bertz CT molecular complexity index is 766. The minimum atomic E-state index is -0.953. The van der Waals surface area contributed by atoms with Gasteiger partial charge in [0, 0.05) is 24.8 Å². The molecule has 3 amide bonds. The zero-order chi connectivity index (χ0) is 19.3. The summed E-state index contributed by atoms with van der Waals surface area (Å²) in [6, 6.07) is 6.92. The molecule has 6 heteroatoms. The molecular formula is C21H27N3O3. The summed E-state index contributed by atoms with van der Waals surface area (Å²) in [5.74, 6) is -0.643. The van der Waals surface area contributed by atoms with Crippen LogP contribution in [0.15, 0.2) is 35.9 Å². The van der Waals surface area contributed by atoms with Crippen molar-refractivity contribution in [2.45, 2.75) is 51.9 Å². The van der Waals surface area contributed by atoms with Crippen molar-refractivity contribution in [3.63, 3.8) is 0 Å². The molecule has 0 radical (unpaired) electrons. The fourth-order valence-electron chi connectivity index (χ4n) is 3.45. The highest BCUT2D eigenvalue weighted by molar-refractivity contribution is 6.13. The summed E-state index contributed by atoms with van der Waals surface area (Å²) in [5, 5.41) is 8.44. The van der Waals surface area contributed by atoms with E-state index in [-0.39, 0.29) is 17.7 Å². The maximum atomic E-state index is 12.7. The number of amides is 3. The molecule has 3 N–H and O–H groups in total. The second-order valence-corrected chi connectivity index (χ2v) is 7.41. The van der Waals surface area contributed by atoms with E-state index in [1.165, 1.54) is 25.3 Å². The van der Waals surface area contributed by atoms with Crippen molar-refractivity contribution in [3.05, 3.63) is 35.9 Å². The van der Waals surface area contributed by atoms with Gasteiger partial charge in [-0.05, 0) is 63.1 Å². The van der Waals surface area contributed by atoms with Crippen LogP contribution in [-0.4, -0.2) is 24.3 Å². The second kappa shape index (κ2) is 8.37. The first-order chi connectivity index (χ1) is 13.0. The quantitative estimate of drug-likeness (QED) is 0.509. The summed E-state index contributed by atoms with van der Waals surface area (Å²) in [6.07, 6.45) is 9.00. The van der Waals surface area contributed by atoms with Crippen LogP contribution < -0.4 is 16.0 Å². The van der Waals surface area contributed by atoms with Crippen LogP contribution in [-0.2, 0) is 14.4 Å². The molecule has 6 nitrogen and oxygen atoms in total. The van der Waals surface area contributed by atoms with Crippen molar-refractivity contribution >= 4 is 29.1 Å². The SMILES string of the molecule is CC(=O)Nc1cccc(NC(=O)C2(C(=O)NCCC3=CCCCC3)CC2)c1. The first-order valence-electron chi connectivity index (χ1n) is 9.65. The maximum absolute atomic E-state index is 12.7. The Morgan fingerprint density at radius 3 is 2.41 bits per heavy atom.